The summed E-state index contributed by atoms with van der Waals surface area (Å²) >= 11 is 6.29. The first-order valence-corrected chi connectivity index (χ1v) is 16.8. The lowest BCUT2D eigenvalue weighted by atomic mass is 9.80. The summed E-state index contributed by atoms with van der Waals surface area (Å²) in [7, 11) is 1.62. The number of fused-ring (bicyclic) bond motifs is 2. The second kappa shape index (κ2) is 12.8. The van der Waals surface area contributed by atoms with Crippen LogP contribution in [-0.2, 0) is 16.8 Å². The van der Waals surface area contributed by atoms with Crippen LogP contribution in [0.1, 0.15) is 88.1 Å². The van der Waals surface area contributed by atoms with Gasteiger partial charge in [0.2, 0.25) is 5.91 Å². The molecule has 45 heavy (non-hydrogen) atoms. The van der Waals surface area contributed by atoms with E-state index >= 15 is 0 Å². The standard InChI is InChI=1S/C38H45ClN2O4/c1-6-40-33-9-7-8-25-18-28(21-31(25)33)38(4,43)27-12-16-30(17-13-27)41-36(42)20-26-19-34(44-5)35(45-23(2)3)22-32(26)37(41)24-10-14-29(39)15-11-24/h10-17,19,22-23,25,28,31,37,43H,6-9,18,20-21H2,1-5H3/t25?,28?,31?,37-,38?/m0/s1. The van der Waals surface area contributed by atoms with Gasteiger partial charge in [-0.25, -0.2) is 0 Å². The van der Waals surface area contributed by atoms with Gasteiger partial charge in [0.1, 0.15) is 0 Å². The number of benzene rings is 3. The van der Waals surface area contributed by atoms with Crippen LogP contribution < -0.4 is 14.4 Å². The predicted molar refractivity (Wildman–Crippen MR) is 181 cm³/mol. The molecular formula is C38H45ClN2O4. The van der Waals surface area contributed by atoms with E-state index in [9.17, 15) is 9.90 Å². The molecule has 3 aromatic carbocycles. The lowest BCUT2D eigenvalue weighted by Crippen LogP contribution is -2.41. The number of nitrogens with zero attached hydrogens (tertiary/aromatic N) is 2. The molecule has 0 saturated heterocycles. The van der Waals surface area contributed by atoms with Crippen LogP contribution in [0.25, 0.3) is 0 Å². The van der Waals surface area contributed by atoms with Crippen molar-refractivity contribution >= 4 is 28.9 Å². The highest BCUT2D eigenvalue weighted by atomic mass is 35.5. The van der Waals surface area contributed by atoms with Crippen molar-refractivity contribution in [3.05, 3.63) is 87.9 Å². The van der Waals surface area contributed by atoms with Crippen molar-refractivity contribution in [3.8, 4) is 11.5 Å². The van der Waals surface area contributed by atoms with E-state index in [-0.39, 0.29) is 30.4 Å². The molecule has 1 heterocycles. The van der Waals surface area contributed by atoms with E-state index in [1.165, 1.54) is 18.6 Å². The van der Waals surface area contributed by atoms with E-state index in [4.69, 9.17) is 26.1 Å². The van der Waals surface area contributed by atoms with Crippen molar-refractivity contribution < 1.29 is 19.4 Å². The molecule has 4 unspecified atom stereocenters. The third kappa shape index (κ3) is 6.12. The summed E-state index contributed by atoms with van der Waals surface area (Å²) in [5, 5.41) is 12.6. The summed E-state index contributed by atoms with van der Waals surface area (Å²) in [5.74, 6) is 2.51. The second-order valence-electron chi connectivity index (χ2n) is 13.4. The average Bonchev–Trinajstić information content (AvgIpc) is 3.47. The zero-order valence-corrected chi connectivity index (χ0v) is 27.8. The number of amides is 1. The number of hydrogen-bond acceptors (Lipinski definition) is 5. The Hall–Kier alpha value is -3.35. The van der Waals surface area contributed by atoms with Gasteiger partial charge < -0.3 is 19.5 Å². The monoisotopic (exact) mass is 628 g/mol. The number of anilines is 1. The molecule has 2 fully saturated rings. The first-order valence-electron chi connectivity index (χ1n) is 16.4. The van der Waals surface area contributed by atoms with Crippen molar-refractivity contribution in [2.45, 2.75) is 84.0 Å². The topological polar surface area (TPSA) is 71.4 Å². The van der Waals surface area contributed by atoms with Crippen LogP contribution in [-0.4, -0.2) is 36.5 Å². The van der Waals surface area contributed by atoms with Crippen LogP contribution in [0.5, 0.6) is 11.5 Å². The quantitative estimate of drug-likeness (QED) is 0.272. The molecular weight excluding hydrogens is 584 g/mol. The van der Waals surface area contributed by atoms with Crippen LogP contribution in [0, 0.1) is 17.8 Å². The fourth-order valence-electron chi connectivity index (χ4n) is 7.97. The van der Waals surface area contributed by atoms with E-state index in [0.717, 1.165) is 53.7 Å². The Morgan fingerprint density at radius 2 is 1.80 bits per heavy atom. The van der Waals surface area contributed by atoms with E-state index in [1.807, 2.05) is 86.3 Å². The van der Waals surface area contributed by atoms with Gasteiger partial charge in [0.25, 0.3) is 0 Å². The van der Waals surface area contributed by atoms with Gasteiger partial charge in [-0.1, -0.05) is 35.9 Å². The van der Waals surface area contributed by atoms with E-state index in [1.54, 1.807) is 7.11 Å². The minimum absolute atomic E-state index is 0.0100. The van der Waals surface area contributed by atoms with Crippen LogP contribution in [0.2, 0.25) is 5.02 Å². The van der Waals surface area contributed by atoms with Gasteiger partial charge in [-0.3, -0.25) is 9.79 Å². The molecule has 5 atom stereocenters. The van der Waals surface area contributed by atoms with Gasteiger partial charge in [0.15, 0.2) is 11.5 Å². The number of aliphatic hydroxyl groups is 1. The van der Waals surface area contributed by atoms with Gasteiger partial charge in [-0.2, -0.15) is 0 Å². The Morgan fingerprint density at radius 3 is 2.47 bits per heavy atom. The maximum Gasteiger partial charge on any atom is 0.232 e. The summed E-state index contributed by atoms with van der Waals surface area (Å²) in [6.07, 6.45) is 5.71. The largest absolute Gasteiger partial charge is 0.493 e. The molecule has 6 rings (SSSR count). The third-order valence-corrected chi connectivity index (χ3v) is 10.4. The smallest absolute Gasteiger partial charge is 0.232 e. The number of rotatable bonds is 8. The molecule has 6 nitrogen and oxygen atoms in total. The molecule has 0 spiro atoms. The van der Waals surface area contributed by atoms with Crippen LogP contribution >= 0.6 is 11.6 Å². The highest BCUT2D eigenvalue weighted by Crippen LogP contribution is 2.51. The summed E-state index contributed by atoms with van der Waals surface area (Å²) in [5.41, 5.74) is 4.91. The zero-order chi connectivity index (χ0) is 31.9. The van der Waals surface area contributed by atoms with Crippen LogP contribution in [0.3, 0.4) is 0 Å². The van der Waals surface area contributed by atoms with Crippen molar-refractivity contribution in [1.82, 2.24) is 0 Å². The van der Waals surface area contributed by atoms with Gasteiger partial charge in [-0.15, -0.1) is 0 Å². The fraction of sp³-hybridized carbons (Fsp3) is 0.474. The minimum atomic E-state index is -0.971. The molecule has 3 aliphatic rings. The Bertz CT molecular complexity index is 1560. The van der Waals surface area contributed by atoms with Crippen molar-refractivity contribution in [3.63, 3.8) is 0 Å². The molecule has 1 amide bonds. The summed E-state index contributed by atoms with van der Waals surface area (Å²) in [6.45, 7) is 8.87. The first kappa shape index (κ1) is 31.6. The number of halogens is 1. The highest BCUT2D eigenvalue weighted by Gasteiger charge is 2.46. The molecule has 3 aromatic rings. The van der Waals surface area contributed by atoms with Crippen LogP contribution in [0.4, 0.5) is 5.69 Å². The number of ether oxygens (including phenoxy) is 2. The van der Waals surface area contributed by atoms with Crippen molar-refractivity contribution in [2.75, 3.05) is 18.6 Å². The SMILES string of the molecule is CCN=C1CCCC2CC(C(C)(O)c3ccc(N4C(=O)Cc5cc(OC)c(OC(C)C)cc5[C@@H]4c4ccc(Cl)cc4)cc3)CC12. The molecule has 7 heteroatoms. The molecule has 238 valence electrons. The number of aliphatic imine (C=N–C) groups is 1. The third-order valence-electron chi connectivity index (χ3n) is 10.2. The predicted octanol–water partition coefficient (Wildman–Crippen LogP) is 8.31. The molecule has 0 bridgehead atoms. The van der Waals surface area contributed by atoms with Gasteiger partial charge in [0, 0.05) is 28.9 Å². The summed E-state index contributed by atoms with van der Waals surface area (Å²) < 4.78 is 11.8. The van der Waals surface area contributed by atoms with E-state index in [2.05, 4.69) is 6.92 Å². The summed E-state index contributed by atoms with van der Waals surface area (Å²) in [6, 6.07) is 19.2. The maximum absolute atomic E-state index is 14.0. The van der Waals surface area contributed by atoms with Crippen molar-refractivity contribution in [1.29, 1.82) is 0 Å². The zero-order valence-electron chi connectivity index (χ0n) is 27.1. The Balaban J connectivity index is 1.35. The normalized spacial score (nSPS) is 25.2. The Morgan fingerprint density at radius 1 is 1.07 bits per heavy atom. The Labute approximate surface area is 272 Å². The van der Waals surface area contributed by atoms with E-state index < -0.39 is 5.60 Å². The average molecular weight is 629 g/mol. The molecule has 1 N–H and O–H groups in total. The lowest BCUT2D eigenvalue weighted by molar-refractivity contribution is -0.118. The number of hydrogen-bond donors (Lipinski definition) is 1. The highest BCUT2D eigenvalue weighted by molar-refractivity contribution is 6.30. The molecule has 0 aromatic heterocycles. The fourth-order valence-corrected chi connectivity index (χ4v) is 8.09. The molecule has 2 saturated carbocycles. The number of carbonyl (C=O) groups is 1. The molecule has 0 radical (unpaired) electrons. The molecule has 1 aliphatic heterocycles. The number of carbonyl (C=O) groups excluding carboxylic acids is 1. The number of methoxy groups -OCH3 is 1. The van der Waals surface area contributed by atoms with Crippen LogP contribution in [0.15, 0.2) is 65.7 Å². The first-order chi connectivity index (χ1) is 21.6. The van der Waals surface area contributed by atoms with Gasteiger partial charge in [0.05, 0.1) is 31.3 Å². The summed E-state index contributed by atoms with van der Waals surface area (Å²) in [4.78, 5) is 20.7. The lowest BCUT2D eigenvalue weighted by Gasteiger charge is -2.38. The van der Waals surface area contributed by atoms with Gasteiger partial charge in [-0.05, 0) is 130 Å². The maximum atomic E-state index is 14.0. The molecule has 2 aliphatic carbocycles. The minimum Gasteiger partial charge on any atom is -0.493 e. The van der Waals surface area contributed by atoms with E-state index in [0.29, 0.717) is 28.4 Å². The van der Waals surface area contributed by atoms with Gasteiger partial charge >= 0.3 is 0 Å². The Kier molecular flexibility index (Phi) is 9.00. The van der Waals surface area contributed by atoms with Crippen molar-refractivity contribution in [2.24, 2.45) is 22.7 Å². The second-order valence-corrected chi connectivity index (χ2v) is 13.8.